The van der Waals surface area contributed by atoms with Crippen LogP contribution >= 0.6 is 0 Å². The fourth-order valence-corrected chi connectivity index (χ4v) is 12.9. The van der Waals surface area contributed by atoms with Crippen LogP contribution in [0.1, 0.15) is 207 Å². The number of carbonyl (C=O) groups excluding carboxylic acids is 1. The molecule has 0 aromatic heterocycles. The molecule has 0 amide bonds. The van der Waals surface area contributed by atoms with Crippen molar-refractivity contribution in [2.24, 2.45) is 46.3 Å². The van der Waals surface area contributed by atoms with Gasteiger partial charge in [0.2, 0.25) is 0 Å². The number of nitrogens with two attached hydrogens (primary N) is 2. The van der Waals surface area contributed by atoms with Gasteiger partial charge in [-0.3, -0.25) is 4.79 Å². The first-order valence-electron chi connectivity index (χ1n) is 23.7. The molecule has 4 N–H and O–H groups in total. The fourth-order valence-electron chi connectivity index (χ4n) is 12.9. The lowest BCUT2D eigenvalue weighted by molar-refractivity contribution is -0.286. The summed E-state index contributed by atoms with van der Waals surface area (Å²) in [5, 5.41) is 0. The normalized spacial score (nSPS) is 30.7. The van der Waals surface area contributed by atoms with Gasteiger partial charge in [0, 0.05) is 17.8 Å². The van der Waals surface area contributed by atoms with Crippen LogP contribution in [0.5, 0.6) is 0 Å². The SMILES string of the molecule is CCCCCCCCCCCCCCCCCCOC(=O)CCC(C)[C@H]1CC[C@H]2[C@@H]3CCC4CC(OC(F)(F)c5cc(N)cc(N)c5)CC[C@]4(C)[C@H]3CC[C@]12C. The number of benzene rings is 1. The third-order valence-electron chi connectivity index (χ3n) is 16.1. The number of fused-ring (bicyclic) bond motifs is 5. The second-order valence-electron chi connectivity index (χ2n) is 19.8. The van der Waals surface area contributed by atoms with Gasteiger partial charge in [0.15, 0.2) is 0 Å². The van der Waals surface area contributed by atoms with E-state index in [-0.39, 0.29) is 28.3 Å². The number of hydrogen-bond acceptors (Lipinski definition) is 5. The van der Waals surface area contributed by atoms with E-state index in [9.17, 15) is 4.79 Å². The average molecular weight is 785 g/mol. The number of rotatable bonds is 24. The predicted molar refractivity (Wildman–Crippen MR) is 228 cm³/mol. The Labute approximate surface area is 341 Å². The second-order valence-corrected chi connectivity index (χ2v) is 19.8. The summed E-state index contributed by atoms with van der Waals surface area (Å²) in [7, 11) is 0. The average Bonchev–Trinajstić information content (AvgIpc) is 3.52. The molecule has 56 heavy (non-hydrogen) atoms. The van der Waals surface area contributed by atoms with Crippen molar-refractivity contribution in [3.63, 3.8) is 0 Å². The summed E-state index contributed by atoms with van der Waals surface area (Å²) >= 11 is 0. The van der Waals surface area contributed by atoms with Crippen LogP contribution in [0.4, 0.5) is 20.2 Å². The van der Waals surface area contributed by atoms with Crippen molar-refractivity contribution in [3.05, 3.63) is 23.8 Å². The van der Waals surface area contributed by atoms with E-state index in [0.717, 1.165) is 38.0 Å². The van der Waals surface area contributed by atoms with E-state index in [4.69, 9.17) is 20.9 Å². The number of carbonyl (C=O) groups is 1. The van der Waals surface area contributed by atoms with Gasteiger partial charge in [-0.15, -0.1) is 0 Å². The molecule has 1 aromatic rings. The van der Waals surface area contributed by atoms with Crippen LogP contribution in [-0.4, -0.2) is 18.7 Å². The van der Waals surface area contributed by atoms with E-state index in [2.05, 4.69) is 27.7 Å². The lowest BCUT2D eigenvalue weighted by atomic mass is 9.44. The molecule has 0 saturated heterocycles. The number of halogens is 2. The largest absolute Gasteiger partial charge is 0.466 e. The molecule has 0 aliphatic heterocycles. The Morgan fingerprint density at radius 2 is 1.30 bits per heavy atom. The van der Waals surface area contributed by atoms with Gasteiger partial charge < -0.3 is 20.9 Å². The maximum absolute atomic E-state index is 15.3. The van der Waals surface area contributed by atoms with Gasteiger partial charge in [0.25, 0.3) is 0 Å². The minimum atomic E-state index is -3.41. The van der Waals surface area contributed by atoms with Crippen LogP contribution in [0.15, 0.2) is 18.2 Å². The number of ether oxygens (including phenoxy) is 2. The Hall–Kier alpha value is -1.89. The van der Waals surface area contributed by atoms with Crippen molar-refractivity contribution in [3.8, 4) is 0 Å². The highest BCUT2D eigenvalue weighted by Gasteiger charge is 2.61. The van der Waals surface area contributed by atoms with Gasteiger partial charge in [0.05, 0.1) is 18.3 Å². The molecule has 4 saturated carbocycles. The van der Waals surface area contributed by atoms with Gasteiger partial charge in [-0.05, 0) is 135 Å². The van der Waals surface area contributed by atoms with Gasteiger partial charge in [-0.1, -0.05) is 124 Å². The quantitative estimate of drug-likeness (QED) is 0.0619. The van der Waals surface area contributed by atoms with E-state index < -0.39 is 12.2 Å². The van der Waals surface area contributed by atoms with E-state index in [1.165, 1.54) is 140 Å². The number of esters is 1. The number of hydrogen-bond donors (Lipinski definition) is 2. The Balaban J connectivity index is 0.951. The third kappa shape index (κ3) is 11.9. The molecule has 5 nitrogen and oxygen atoms in total. The molecule has 0 bridgehead atoms. The molecule has 5 rings (SSSR count). The molecule has 0 heterocycles. The Kier molecular flexibility index (Phi) is 17.3. The maximum Gasteiger partial charge on any atom is 0.383 e. The van der Waals surface area contributed by atoms with E-state index in [1.807, 2.05) is 0 Å². The van der Waals surface area contributed by atoms with Gasteiger partial charge in [0.1, 0.15) is 0 Å². The molecule has 4 aliphatic carbocycles. The molecule has 7 heteroatoms. The summed E-state index contributed by atoms with van der Waals surface area (Å²) in [6, 6.07) is 4.04. The standard InChI is InChI=1S/C49H82F2N2O3/c1-5-6-7-8-9-10-11-12-13-14-15-16-17-18-19-20-31-55-46(54)26-21-36(2)43-24-25-44-42-23-22-37-34-41(27-29-47(37,3)45(42)28-30-48(43,44)4)56-49(50,51)38-32-39(52)35-40(53)33-38/h32-33,35-37,41-45H,5-31,34,52-53H2,1-4H3/t36?,37?,41?,42-,43+,44-,45-,47-,48+/m0/s1. The smallest absolute Gasteiger partial charge is 0.383 e. The van der Waals surface area contributed by atoms with Crippen LogP contribution in [0.2, 0.25) is 0 Å². The van der Waals surface area contributed by atoms with Crippen molar-refractivity contribution in [1.82, 2.24) is 0 Å². The zero-order valence-electron chi connectivity index (χ0n) is 36.2. The number of nitrogen functional groups attached to an aromatic ring is 2. The highest BCUT2D eigenvalue weighted by atomic mass is 19.3. The zero-order valence-corrected chi connectivity index (χ0v) is 36.2. The highest BCUT2D eigenvalue weighted by Crippen LogP contribution is 2.68. The fraction of sp³-hybridized carbons (Fsp3) is 0.857. The van der Waals surface area contributed by atoms with E-state index in [1.54, 1.807) is 0 Å². The Bertz CT molecular complexity index is 1320. The first kappa shape index (κ1) is 45.2. The summed E-state index contributed by atoms with van der Waals surface area (Å²) in [5.74, 6) is 3.66. The summed E-state index contributed by atoms with van der Waals surface area (Å²) in [6.07, 6.45) is 28.8. The lowest BCUT2D eigenvalue weighted by Crippen LogP contribution is -2.54. The monoisotopic (exact) mass is 785 g/mol. The molecule has 1 aromatic carbocycles. The number of unbranched alkanes of at least 4 members (excludes halogenated alkanes) is 15. The van der Waals surface area contributed by atoms with E-state index >= 15 is 8.78 Å². The van der Waals surface area contributed by atoms with Crippen LogP contribution < -0.4 is 11.5 Å². The lowest BCUT2D eigenvalue weighted by Gasteiger charge is -2.61. The van der Waals surface area contributed by atoms with E-state index in [0.29, 0.717) is 60.9 Å². The summed E-state index contributed by atoms with van der Waals surface area (Å²) < 4.78 is 41.9. The molecule has 3 unspecified atom stereocenters. The van der Waals surface area contributed by atoms with Crippen LogP contribution in [0.3, 0.4) is 0 Å². The molecule has 0 spiro atoms. The van der Waals surface area contributed by atoms with Crippen LogP contribution in [0, 0.1) is 46.3 Å². The highest BCUT2D eigenvalue weighted by molar-refractivity contribution is 5.69. The zero-order chi connectivity index (χ0) is 40.2. The first-order chi connectivity index (χ1) is 26.9. The van der Waals surface area contributed by atoms with Crippen molar-refractivity contribution in [2.75, 3.05) is 18.1 Å². The molecule has 4 fully saturated rings. The topological polar surface area (TPSA) is 87.6 Å². The van der Waals surface area contributed by atoms with Gasteiger partial charge in [-0.2, -0.15) is 8.78 Å². The molecule has 4 aliphatic rings. The third-order valence-corrected chi connectivity index (χ3v) is 16.1. The molecule has 0 radical (unpaired) electrons. The summed E-state index contributed by atoms with van der Waals surface area (Å²) in [5.41, 5.74) is 12.3. The maximum atomic E-state index is 15.3. The minimum Gasteiger partial charge on any atom is -0.466 e. The Morgan fingerprint density at radius 1 is 0.750 bits per heavy atom. The second kappa shape index (κ2) is 21.4. The molecular formula is C49H82F2N2O3. The molecule has 320 valence electrons. The first-order valence-corrected chi connectivity index (χ1v) is 23.7. The number of alkyl halides is 2. The van der Waals surface area contributed by atoms with Crippen molar-refractivity contribution < 1.29 is 23.0 Å². The predicted octanol–water partition coefficient (Wildman–Crippen LogP) is 14.2. The summed E-state index contributed by atoms with van der Waals surface area (Å²) in [6.45, 7) is 10.3. The molecular weight excluding hydrogens is 703 g/mol. The minimum absolute atomic E-state index is 0.0122. The summed E-state index contributed by atoms with van der Waals surface area (Å²) in [4.78, 5) is 12.8. The molecule has 9 atom stereocenters. The number of anilines is 2. The van der Waals surface area contributed by atoms with Crippen molar-refractivity contribution >= 4 is 17.3 Å². The van der Waals surface area contributed by atoms with Gasteiger partial charge >= 0.3 is 12.1 Å². The Morgan fingerprint density at radius 3 is 1.91 bits per heavy atom. The van der Waals surface area contributed by atoms with Crippen LogP contribution in [-0.2, 0) is 20.4 Å². The van der Waals surface area contributed by atoms with Gasteiger partial charge in [-0.25, -0.2) is 0 Å². The van der Waals surface area contributed by atoms with Crippen molar-refractivity contribution in [1.29, 1.82) is 0 Å². The van der Waals surface area contributed by atoms with Crippen molar-refractivity contribution in [2.45, 2.75) is 213 Å². The van der Waals surface area contributed by atoms with Crippen LogP contribution in [0.25, 0.3) is 0 Å².